The fraction of sp³-hybridized carbons (Fsp3) is 0.125. The Balaban J connectivity index is 3.01. The van der Waals surface area contributed by atoms with Crippen molar-refractivity contribution >= 4 is 16.3 Å². The molecule has 0 aliphatic carbocycles. The van der Waals surface area contributed by atoms with E-state index in [9.17, 15) is 13.2 Å². The lowest BCUT2D eigenvalue weighted by molar-refractivity contribution is -0.120. The maximum absolute atomic E-state index is 11.0. The van der Waals surface area contributed by atoms with E-state index in [1.165, 1.54) is 24.3 Å². The highest BCUT2D eigenvalue weighted by atomic mass is 32.2. The summed E-state index contributed by atoms with van der Waals surface area (Å²) in [5.74, 6) is 0.322. The largest absolute Gasteiger partial charge is 0.429 e. The van der Waals surface area contributed by atoms with Crippen molar-refractivity contribution < 1.29 is 17.9 Å². The van der Waals surface area contributed by atoms with E-state index in [0.717, 1.165) is 6.26 Å². The van der Waals surface area contributed by atoms with Crippen molar-refractivity contribution in [2.75, 3.05) is 6.26 Å². The van der Waals surface area contributed by atoms with E-state index in [4.69, 9.17) is 0 Å². The molecule has 0 N–H and O–H groups in total. The van der Waals surface area contributed by atoms with Gasteiger partial charge in [-0.3, -0.25) is 4.79 Å². The lowest BCUT2D eigenvalue weighted by atomic mass is 10.3. The summed E-state index contributed by atoms with van der Waals surface area (Å²) >= 11 is 0. The van der Waals surface area contributed by atoms with E-state index in [-0.39, 0.29) is 11.4 Å². The third kappa shape index (κ3) is 2.55. The van der Waals surface area contributed by atoms with E-state index in [2.05, 4.69) is 4.74 Å². The quantitative estimate of drug-likeness (QED) is 0.671. The van der Waals surface area contributed by atoms with E-state index in [1.54, 1.807) is 0 Å². The zero-order chi connectivity index (χ0) is 9.90. The highest BCUT2D eigenvalue weighted by molar-refractivity contribution is 7.90. The summed E-state index contributed by atoms with van der Waals surface area (Å²) in [6, 6.07) is 5.61. The molecule has 0 saturated heterocycles. The van der Waals surface area contributed by atoms with Crippen molar-refractivity contribution in [3.05, 3.63) is 24.3 Å². The molecule has 5 heteroatoms. The molecule has 1 aromatic carbocycles. The van der Waals surface area contributed by atoms with Gasteiger partial charge < -0.3 is 4.74 Å². The first-order valence-electron chi connectivity index (χ1n) is 3.44. The van der Waals surface area contributed by atoms with Crippen molar-refractivity contribution in [1.82, 2.24) is 0 Å². The zero-order valence-corrected chi connectivity index (χ0v) is 7.74. The Kier molecular flexibility index (Phi) is 2.67. The van der Waals surface area contributed by atoms with Crippen LogP contribution in [0.3, 0.4) is 0 Å². The molecule has 0 spiro atoms. The van der Waals surface area contributed by atoms with Gasteiger partial charge in [0, 0.05) is 6.26 Å². The van der Waals surface area contributed by atoms with E-state index in [0.29, 0.717) is 5.75 Å². The number of hydrogen-bond donors (Lipinski definition) is 0. The topological polar surface area (TPSA) is 60.4 Å². The Bertz CT molecular complexity index is 391. The van der Waals surface area contributed by atoms with Gasteiger partial charge in [-0.2, -0.15) is 0 Å². The monoisotopic (exact) mass is 200 g/mol. The Morgan fingerprint density at radius 1 is 1.23 bits per heavy atom. The fourth-order valence-corrected chi connectivity index (χ4v) is 1.45. The molecule has 1 aromatic rings. The second-order valence-corrected chi connectivity index (χ2v) is 4.47. The SMILES string of the molecule is CS(=O)(=O)c1ccc(OC=O)cc1. The third-order valence-electron chi connectivity index (χ3n) is 1.44. The normalized spacial score (nSPS) is 10.8. The molecule has 0 fully saturated rings. The zero-order valence-electron chi connectivity index (χ0n) is 6.93. The van der Waals surface area contributed by atoms with Crippen LogP contribution in [0.25, 0.3) is 0 Å². The fourth-order valence-electron chi connectivity index (χ4n) is 0.821. The molecule has 0 radical (unpaired) electrons. The Morgan fingerprint density at radius 2 is 1.77 bits per heavy atom. The van der Waals surface area contributed by atoms with Crippen LogP contribution in [0.4, 0.5) is 0 Å². The molecule has 0 aromatic heterocycles. The van der Waals surface area contributed by atoms with Crippen LogP contribution >= 0.6 is 0 Å². The Morgan fingerprint density at radius 3 is 2.15 bits per heavy atom. The van der Waals surface area contributed by atoms with Crippen LogP contribution < -0.4 is 4.74 Å². The van der Waals surface area contributed by atoms with Gasteiger partial charge in [0.05, 0.1) is 4.90 Å². The van der Waals surface area contributed by atoms with Crippen LogP contribution in [0, 0.1) is 0 Å². The molecule has 0 unspecified atom stereocenters. The number of carbonyl (C=O) groups is 1. The highest BCUT2D eigenvalue weighted by Crippen LogP contribution is 2.14. The number of rotatable bonds is 3. The Hall–Kier alpha value is -1.36. The summed E-state index contributed by atoms with van der Waals surface area (Å²) in [5, 5.41) is 0. The van der Waals surface area contributed by atoms with Gasteiger partial charge >= 0.3 is 0 Å². The Labute approximate surface area is 76.1 Å². The molecule has 4 nitrogen and oxygen atoms in total. The molecular formula is C8H8O4S. The second kappa shape index (κ2) is 3.57. The first-order chi connectivity index (χ1) is 6.04. The molecule has 0 heterocycles. The van der Waals surface area contributed by atoms with E-state index in [1.807, 2.05) is 0 Å². The van der Waals surface area contributed by atoms with Crippen LogP contribution in [0.15, 0.2) is 29.2 Å². The highest BCUT2D eigenvalue weighted by Gasteiger charge is 2.05. The van der Waals surface area contributed by atoms with Gasteiger partial charge in [0.15, 0.2) is 9.84 Å². The van der Waals surface area contributed by atoms with Gasteiger partial charge in [-0.25, -0.2) is 8.42 Å². The molecule has 0 bridgehead atoms. The van der Waals surface area contributed by atoms with Gasteiger partial charge in [0.1, 0.15) is 5.75 Å². The van der Waals surface area contributed by atoms with E-state index < -0.39 is 9.84 Å². The maximum Gasteiger partial charge on any atom is 0.298 e. The standard InChI is InChI=1S/C8H8O4S/c1-13(10,11)8-4-2-7(3-5-8)12-6-9/h2-6H,1H3. The van der Waals surface area contributed by atoms with Gasteiger partial charge in [-0.05, 0) is 24.3 Å². The number of hydrogen-bond acceptors (Lipinski definition) is 4. The molecule has 13 heavy (non-hydrogen) atoms. The van der Waals surface area contributed by atoms with Crippen molar-refractivity contribution in [1.29, 1.82) is 0 Å². The summed E-state index contributed by atoms with van der Waals surface area (Å²) in [7, 11) is -3.18. The predicted octanol–water partition coefficient (Wildman–Crippen LogP) is 0.625. The lowest BCUT2D eigenvalue weighted by Gasteiger charge is -1.99. The summed E-state index contributed by atoms with van der Waals surface area (Å²) < 4.78 is 26.5. The first-order valence-corrected chi connectivity index (χ1v) is 5.33. The molecule has 1 rings (SSSR count). The summed E-state index contributed by atoms with van der Waals surface area (Å²) in [5.41, 5.74) is 0. The van der Waals surface area contributed by atoms with E-state index >= 15 is 0 Å². The number of benzene rings is 1. The second-order valence-electron chi connectivity index (χ2n) is 2.46. The minimum atomic E-state index is -3.18. The maximum atomic E-state index is 11.0. The molecule has 0 atom stereocenters. The van der Waals surface area contributed by atoms with Crippen LogP contribution in [0.2, 0.25) is 0 Å². The third-order valence-corrected chi connectivity index (χ3v) is 2.56. The van der Waals surface area contributed by atoms with Crippen molar-refractivity contribution in [2.24, 2.45) is 0 Å². The number of ether oxygens (including phenoxy) is 1. The van der Waals surface area contributed by atoms with Crippen LogP contribution in [0.1, 0.15) is 0 Å². The minimum absolute atomic E-state index is 0.200. The van der Waals surface area contributed by atoms with Gasteiger partial charge in [-0.1, -0.05) is 0 Å². The number of sulfone groups is 1. The molecule has 0 aliphatic rings. The van der Waals surface area contributed by atoms with Gasteiger partial charge in [0.25, 0.3) is 6.47 Å². The molecule has 70 valence electrons. The minimum Gasteiger partial charge on any atom is -0.429 e. The van der Waals surface area contributed by atoms with Gasteiger partial charge in [0.2, 0.25) is 0 Å². The van der Waals surface area contributed by atoms with Crippen molar-refractivity contribution in [3.8, 4) is 5.75 Å². The average Bonchev–Trinajstić information content (AvgIpc) is 2.04. The van der Waals surface area contributed by atoms with Crippen LogP contribution in [0.5, 0.6) is 5.75 Å². The molecule has 0 saturated carbocycles. The van der Waals surface area contributed by atoms with Crippen LogP contribution in [-0.4, -0.2) is 21.1 Å². The average molecular weight is 200 g/mol. The molecular weight excluding hydrogens is 192 g/mol. The molecule has 0 aliphatic heterocycles. The van der Waals surface area contributed by atoms with Crippen molar-refractivity contribution in [2.45, 2.75) is 4.90 Å². The van der Waals surface area contributed by atoms with Crippen LogP contribution in [-0.2, 0) is 14.6 Å². The number of carbonyl (C=O) groups excluding carboxylic acids is 1. The lowest BCUT2D eigenvalue weighted by Crippen LogP contribution is -1.96. The molecule has 0 amide bonds. The summed E-state index contributed by atoms with van der Waals surface area (Å²) in [4.78, 5) is 10.1. The van der Waals surface area contributed by atoms with Crippen molar-refractivity contribution in [3.63, 3.8) is 0 Å². The summed E-state index contributed by atoms with van der Waals surface area (Å²) in [6.45, 7) is 0.287. The summed E-state index contributed by atoms with van der Waals surface area (Å²) in [6.07, 6.45) is 1.11. The first kappa shape index (κ1) is 9.73. The van der Waals surface area contributed by atoms with Gasteiger partial charge in [-0.15, -0.1) is 0 Å². The smallest absolute Gasteiger partial charge is 0.298 e. The predicted molar refractivity (Wildman–Crippen MR) is 46.2 cm³/mol.